The molecule has 1 aliphatic heterocycles. The standard InChI is InChI=1S/C19H14F3N3O4S/c20-19(21,22)11-29-17-8-7-13(9-23-17)24-16(26)10-25-14-5-1-3-12-4-2-6-15(18(12)14)30(25,27)28/h1-9H,10-11H2,(H,24,26). The van der Waals surface area contributed by atoms with Gasteiger partial charge in [0.25, 0.3) is 10.0 Å². The highest BCUT2D eigenvalue weighted by molar-refractivity contribution is 7.93. The average molecular weight is 437 g/mol. The summed E-state index contributed by atoms with van der Waals surface area (Å²) in [6, 6.07) is 12.5. The maximum absolute atomic E-state index is 12.9. The van der Waals surface area contributed by atoms with Crippen molar-refractivity contribution in [2.45, 2.75) is 11.1 Å². The van der Waals surface area contributed by atoms with E-state index in [0.717, 1.165) is 15.9 Å². The van der Waals surface area contributed by atoms with Crippen molar-refractivity contribution in [3.05, 3.63) is 54.7 Å². The van der Waals surface area contributed by atoms with E-state index in [1.54, 1.807) is 30.3 Å². The summed E-state index contributed by atoms with van der Waals surface area (Å²) in [5, 5.41) is 3.78. The van der Waals surface area contributed by atoms with Gasteiger partial charge in [-0.1, -0.05) is 24.3 Å². The quantitative estimate of drug-likeness (QED) is 0.662. The van der Waals surface area contributed by atoms with E-state index in [1.165, 1.54) is 18.2 Å². The highest BCUT2D eigenvalue weighted by Gasteiger charge is 2.36. The number of benzene rings is 2. The molecule has 156 valence electrons. The summed E-state index contributed by atoms with van der Waals surface area (Å²) in [6.07, 6.45) is -3.37. The lowest BCUT2D eigenvalue weighted by Crippen LogP contribution is -2.35. The van der Waals surface area contributed by atoms with Gasteiger partial charge in [-0.05, 0) is 23.6 Å². The minimum Gasteiger partial charge on any atom is -0.468 e. The number of halogens is 3. The molecule has 0 atom stereocenters. The Bertz CT molecular complexity index is 1220. The summed E-state index contributed by atoms with van der Waals surface area (Å²) in [5.41, 5.74) is 0.596. The van der Waals surface area contributed by atoms with Crippen molar-refractivity contribution in [1.29, 1.82) is 0 Å². The van der Waals surface area contributed by atoms with Gasteiger partial charge in [-0.25, -0.2) is 13.4 Å². The van der Waals surface area contributed by atoms with Crippen LogP contribution in [0.3, 0.4) is 0 Å². The van der Waals surface area contributed by atoms with Crippen LogP contribution >= 0.6 is 0 Å². The molecule has 7 nitrogen and oxygen atoms in total. The molecule has 1 amide bonds. The molecule has 0 bridgehead atoms. The van der Waals surface area contributed by atoms with Gasteiger partial charge in [0.15, 0.2) is 6.61 Å². The first-order valence-corrected chi connectivity index (χ1v) is 10.1. The number of rotatable bonds is 5. The minimum absolute atomic E-state index is 0.135. The number of alkyl halides is 3. The lowest BCUT2D eigenvalue weighted by Gasteiger charge is -2.18. The molecule has 1 aliphatic rings. The lowest BCUT2D eigenvalue weighted by atomic mass is 10.1. The zero-order valence-corrected chi connectivity index (χ0v) is 16.0. The summed E-state index contributed by atoms with van der Waals surface area (Å²) in [5.74, 6) is -0.885. The number of hydrogen-bond acceptors (Lipinski definition) is 5. The van der Waals surface area contributed by atoms with Gasteiger partial charge in [0, 0.05) is 11.5 Å². The Labute approximate surface area is 169 Å². The number of sulfonamides is 1. The third-order valence-corrected chi connectivity index (χ3v) is 6.17. The fourth-order valence-corrected chi connectivity index (χ4v) is 4.82. The molecular formula is C19H14F3N3O4S. The average Bonchev–Trinajstić information content (AvgIpc) is 2.90. The molecule has 30 heavy (non-hydrogen) atoms. The molecule has 0 saturated heterocycles. The molecule has 0 radical (unpaired) electrons. The van der Waals surface area contributed by atoms with E-state index in [2.05, 4.69) is 15.0 Å². The van der Waals surface area contributed by atoms with E-state index in [1.807, 2.05) is 0 Å². The van der Waals surface area contributed by atoms with Crippen LogP contribution in [0.2, 0.25) is 0 Å². The van der Waals surface area contributed by atoms with Crippen LogP contribution in [0.25, 0.3) is 10.8 Å². The molecule has 2 heterocycles. The van der Waals surface area contributed by atoms with Crippen LogP contribution < -0.4 is 14.4 Å². The fraction of sp³-hybridized carbons (Fsp3) is 0.158. The van der Waals surface area contributed by atoms with Crippen LogP contribution in [0.15, 0.2) is 59.6 Å². The molecule has 2 aromatic carbocycles. The van der Waals surface area contributed by atoms with Crippen LogP contribution in [-0.2, 0) is 14.8 Å². The topological polar surface area (TPSA) is 88.6 Å². The molecule has 0 unspecified atom stereocenters. The van der Waals surface area contributed by atoms with E-state index >= 15 is 0 Å². The normalized spacial score (nSPS) is 14.7. The highest BCUT2D eigenvalue weighted by Crippen LogP contribution is 2.41. The van der Waals surface area contributed by atoms with Crippen LogP contribution in [0, 0.1) is 0 Å². The molecule has 0 fully saturated rings. The highest BCUT2D eigenvalue weighted by atomic mass is 32.2. The fourth-order valence-electron chi connectivity index (χ4n) is 3.15. The third kappa shape index (κ3) is 3.75. The molecule has 0 aliphatic carbocycles. The van der Waals surface area contributed by atoms with E-state index < -0.39 is 35.3 Å². The van der Waals surface area contributed by atoms with Gasteiger partial charge in [0.1, 0.15) is 6.54 Å². The van der Waals surface area contributed by atoms with Crippen molar-refractivity contribution in [3.63, 3.8) is 0 Å². The van der Waals surface area contributed by atoms with Crippen molar-refractivity contribution in [2.75, 3.05) is 22.8 Å². The van der Waals surface area contributed by atoms with Crippen molar-refractivity contribution >= 4 is 38.1 Å². The van der Waals surface area contributed by atoms with Crippen LogP contribution in [0.4, 0.5) is 24.5 Å². The Morgan fingerprint density at radius 2 is 1.83 bits per heavy atom. The molecule has 1 aromatic heterocycles. The van der Waals surface area contributed by atoms with Crippen LogP contribution in [-0.4, -0.2) is 38.6 Å². The molecule has 11 heteroatoms. The number of anilines is 2. The number of nitrogens with one attached hydrogen (secondary N) is 1. The molecule has 0 saturated carbocycles. The van der Waals surface area contributed by atoms with Gasteiger partial charge in [0.2, 0.25) is 11.8 Å². The van der Waals surface area contributed by atoms with E-state index in [0.29, 0.717) is 11.1 Å². The Morgan fingerprint density at radius 3 is 2.50 bits per heavy atom. The first-order chi connectivity index (χ1) is 14.1. The Kier molecular flexibility index (Phi) is 4.77. The summed E-state index contributed by atoms with van der Waals surface area (Å²) in [4.78, 5) is 16.3. The molecular weight excluding hydrogens is 423 g/mol. The van der Waals surface area contributed by atoms with Gasteiger partial charge in [0.05, 0.1) is 22.5 Å². The predicted octanol–water partition coefficient (Wildman–Crippen LogP) is 3.32. The largest absolute Gasteiger partial charge is 0.468 e. The number of nitrogens with zero attached hydrogens (tertiary/aromatic N) is 2. The minimum atomic E-state index is -4.49. The maximum Gasteiger partial charge on any atom is 0.422 e. The SMILES string of the molecule is O=C(CN1c2cccc3cccc(c23)S1(=O)=O)Nc1ccc(OCC(F)(F)F)nc1. The number of hydrogen-bond donors (Lipinski definition) is 1. The van der Waals surface area contributed by atoms with Gasteiger partial charge in [-0.3, -0.25) is 9.10 Å². The number of carbonyl (C=O) groups is 1. The summed E-state index contributed by atoms with van der Waals surface area (Å²) >= 11 is 0. The van der Waals surface area contributed by atoms with Crippen LogP contribution in [0.5, 0.6) is 5.88 Å². The third-order valence-electron chi connectivity index (χ3n) is 4.37. The maximum atomic E-state index is 12.9. The predicted molar refractivity (Wildman–Crippen MR) is 103 cm³/mol. The Morgan fingerprint density at radius 1 is 1.10 bits per heavy atom. The number of aromatic nitrogens is 1. The number of amides is 1. The second-order valence-electron chi connectivity index (χ2n) is 6.48. The zero-order chi connectivity index (χ0) is 21.5. The smallest absolute Gasteiger partial charge is 0.422 e. The lowest BCUT2D eigenvalue weighted by molar-refractivity contribution is -0.154. The summed E-state index contributed by atoms with van der Waals surface area (Å²) < 4.78 is 67.8. The first kappa shape index (κ1) is 20.0. The Balaban J connectivity index is 1.48. The van der Waals surface area contributed by atoms with E-state index in [4.69, 9.17) is 0 Å². The van der Waals surface area contributed by atoms with Gasteiger partial charge in [-0.2, -0.15) is 13.2 Å². The monoisotopic (exact) mass is 437 g/mol. The van der Waals surface area contributed by atoms with Gasteiger partial charge < -0.3 is 10.1 Å². The van der Waals surface area contributed by atoms with Crippen molar-refractivity contribution in [1.82, 2.24) is 4.98 Å². The molecule has 0 spiro atoms. The van der Waals surface area contributed by atoms with Crippen molar-refractivity contribution < 1.29 is 31.1 Å². The number of carbonyl (C=O) groups excluding carboxylic acids is 1. The van der Waals surface area contributed by atoms with Gasteiger partial charge >= 0.3 is 6.18 Å². The van der Waals surface area contributed by atoms with E-state index in [-0.39, 0.29) is 16.5 Å². The first-order valence-electron chi connectivity index (χ1n) is 8.65. The van der Waals surface area contributed by atoms with Crippen LogP contribution in [0.1, 0.15) is 0 Å². The van der Waals surface area contributed by atoms with E-state index in [9.17, 15) is 26.4 Å². The van der Waals surface area contributed by atoms with Gasteiger partial charge in [-0.15, -0.1) is 0 Å². The second kappa shape index (κ2) is 7.17. The summed E-state index contributed by atoms with van der Waals surface area (Å²) in [6.45, 7) is -1.95. The number of pyridine rings is 1. The molecule has 1 N–H and O–H groups in total. The summed E-state index contributed by atoms with van der Waals surface area (Å²) in [7, 11) is -3.88. The number of ether oxygens (including phenoxy) is 1. The van der Waals surface area contributed by atoms with Crippen molar-refractivity contribution in [3.8, 4) is 5.88 Å². The zero-order valence-electron chi connectivity index (χ0n) is 15.2. The molecule has 4 rings (SSSR count). The Hall–Kier alpha value is -3.34. The van der Waals surface area contributed by atoms with Crippen molar-refractivity contribution in [2.24, 2.45) is 0 Å². The molecule has 3 aromatic rings. The second-order valence-corrected chi connectivity index (χ2v) is 8.31.